The summed E-state index contributed by atoms with van der Waals surface area (Å²) < 4.78 is 66.2. The van der Waals surface area contributed by atoms with Crippen molar-refractivity contribution < 1.29 is 26.7 Å². The van der Waals surface area contributed by atoms with Crippen LogP contribution >= 0.6 is 12.2 Å². The number of nitrogens with one attached hydrogen (secondary N) is 2. The van der Waals surface area contributed by atoms with E-state index in [-0.39, 0.29) is 16.5 Å². The van der Waals surface area contributed by atoms with Crippen molar-refractivity contribution in [2.45, 2.75) is 12.8 Å². The first kappa shape index (κ1) is 17.9. The predicted octanol–water partition coefficient (Wildman–Crippen LogP) is 5.12. The van der Waals surface area contributed by atoms with Crippen molar-refractivity contribution in [3.8, 4) is 5.75 Å². The van der Waals surface area contributed by atoms with E-state index < -0.39 is 18.4 Å². The first-order valence-electron chi connectivity index (χ1n) is 6.54. The molecule has 24 heavy (non-hydrogen) atoms. The Morgan fingerprint density at radius 3 is 2.17 bits per heavy atom. The van der Waals surface area contributed by atoms with Gasteiger partial charge in [-0.2, -0.15) is 22.0 Å². The van der Waals surface area contributed by atoms with Crippen LogP contribution in [0.1, 0.15) is 5.56 Å². The molecule has 3 nitrogen and oxygen atoms in total. The molecule has 0 heterocycles. The molecule has 0 amide bonds. The average Bonchev–Trinajstić information content (AvgIpc) is 2.48. The van der Waals surface area contributed by atoms with Gasteiger partial charge in [-0.25, -0.2) is 0 Å². The molecule has 2 rings (SSSR count). The molecular weight excluding hydrogens is 351 g/mol. The summed E-state index contributed by atoms with van der Waals surface area (Å²) in [4.78, 5) is 0. The number of anilines is 2. The van der Waals surface area contributed by atoms with E-state index in [1.165, 1.54) is 36.4 Å². The van der Waals surface area contributed by atoms with E-state index in [9.17, 15) is 22.0 Å². The Bertz CT molecular complexity index is 704. The summed E-state index contributed by atoms with van der Waals surface area (Å²) in [5, 5.41) is 5.40. The molecule has 0 unspecified atom stereocenters. The van der Waals surface area contributed by atoms with Crippen molar-refractivity contribution in [1.82, 2.24) is 0 Å². The average molecular weight is 362 g/mol. The van der Waals surface area contributed by atoms with Crippen molar-refractivity contribution in [2.75, 3.05) is 10.6 Å². The van der Waals surface area contributed by atoms with Crippen LogP contribution in [0.2, 0.25) is 0 Å². The fraction of sp³-hybridized carbons (Fsp3) is 0.133. The van der Waals surface area contributed by atoms with Crippen LogP contribution in [-0.4, -0.2) is 11.7 Å². The molecule has 0 fully saturated rings. The highest BCUT2D eigenvalue weighted by Crippen LogP contribution is 2.30. The maximum Gasteiger partial charge on any atom is 0.416 e. The second kappa shape index (κ2) is 7.43. The fourth-order valence-corrected chi connectivity index (χ4v) is 2.02. The lowest BCUT2D eigenvalue weighted by atomic mass is 10.2. The standard InChI is InChI=1S/C15H11F5N2OS/c16-13(17)23-12-6-4-10(5-7-12)21-14(24)22-11-3-1-2-9(8-11)15(18,19)20/h1-8,13H,(H2,21,22,24). The number of thiocarbonyl (C=S) groups is 1. The minimum absolute atomic E-state index is 0.0210. The van der Waals surface area contributed by atoms with Gasteiger partial charge >= 0.3 is 12.8 Å². The second-order valence-electron chi connectivity index (χ2n) is 4.56. The van der Waals surface area contributed by atoms with Gasteiger partial charge in [-0.1, -0.05) is 6.07 Å². The lowest BCUT2D eigenvalue weighted by Gasteiger charge is -2.13. The van der Waals surface area contributed by atoms with Crippen molar-refractivity contribution >= 4 is 28.7 Å². The Labute approximate surface area is 139 Å². The predicted molar refractivity (Wildman–Crippen MR) is 84.4 cm³/mol. The van der Waals surface area contributed by atoms with Crippen LogP contribution in [0.25, 0.3) is 0 Å². The van der Waals surface area contributed by atoms with E-state index in [1.54, 1.807) is 0 Å². The van der Waals surface area contributed by atoms with Crippen molar-refractivity contribution in [3.05, 3.63) is 54.1 Å². The van der Waals surface area contributed by atoms with Crippen LogP contribution in [0.3, 0.4) is 0 Å². The molecule has 0 bridgehead atoms. The molecule has 2 N–H and O–H groups in total. The van der Waals surface area contributed by atoms with Gasteiger partial charge in [0.15, 0.2) is 5.11 Å². The Balaban J connectivity index is 1.98. The number of halogens is 5. The minimum atomic E-state index is -4.45. The van der Waals surface area contributed by atoms with Gasteiger partial charge in [0, 0.05) is 11.4 Å². The van der Waals surface area contributed by atoms with Crippen LogP contribution < -0.4 is 15.4 Å². The zero-order valence-corrected chi connectivity index (χ0v) is 12.7. The van der Waals surface area contributed by atoms with Crippen LogP contribution in [0.5, 0.6) is 5.75 Å². The summed E-state index contributed by atoms with van der Waals surface area (Å²) in [6.07, 6.45) is -4.45. The normalized spacial score (nSPS) is 11.2. The molecule has 0 spiro atoms. The van der Waals surface area contributed by atoms with E-state index in [0.717, 1.165) is 12.1 Å². The number of alkyl halides is 5. The van der Waals surface area contributed by atoms with Gasteiger partial charge < -0.3 is 15.4 Å². The van der Waals surface area contributed by atoms with Gasteiger partial charge in [-0.3, -0.25) is 0 Å². The monoisotopic (exact) mass is 362 g/mol. The highest BCUT2D eigenvalue weighted by molar-refractivity contribution is 7.80. The third-order valence-corrected chi connectivity index (χ3v) is 2.99. The lowest BCUT2D eigenvalue weighted by molar-refractivity contribution is -0.137. The third-order valence-electron chi connectivity index (χ3n) is 2.79. The van der Waals surface area contributed by atoms with Gasteiger partial charge in [0.05, 0.1) is 5.56 Å². The Hall–Kier alpha value is -2.42. The Morgan fingerprint density at radius 1 is 0.958 bits per heavy atom. The van der Waals surface area contributed by atoms with Crippen molar-refractivity contribution in [3.63, 3.8) is 0 Å². The Kier molecular flexibility index (Phi) is 5.55. The van der Waals surface area contributed by atoms with Crippen LogP contribution in [-0.2, 0) is 6.18 Å². The molecule has 128 valence electrons. The van der Waals surface area contributed by atoms with Crippen LogP contribution in [0, 0.1) is 0 Å². The first-order chi connectivity index (χ1) is 11.2. The summed E-state index contributed by atoms with van der Waals surface area (Å²) in [7, 11) is 0. The molecule has 0 aliphatic heterocycles. The lowest BCUT2D eigenvalue weighted by Crippen LogP contribution is -2.19. The molecule has 0 saturated heterocycles. The fourth-order valence-electron chi connectivity index (χ4n) is 1.79. The summed E-state index contributed by atoms with van der Waals surface area (Å²) in [6.45, 7) is -2.92. The zero-order valence-electron chi connectivity index (χ0n) is 11.9. The largest absolute Gasteiger partial charge is 0.435 e. The van der Waals surface area contributed by atoms with Crippen molar-refractivity contribution in [1.29, 1.82) is 0 Å². The maximum atomic E-state index is 12.6. The van der Waals surface area contributed by atoms with E-state index in [0.29, 0.717) is 5.69 Å². The van der Waals surface area contributed by atoms with Crippen LogP contribution in [0.4, 0.5) is 33.3 Å². The van der Waals surface area contributed by atoms with Gasteiger partial charge in [-0.15, -0.1) is 0 Å². The second-order valence-corrected chi connectivity index (χ2v) is 4.97. The molecule has 0 aromatic heterocycles. The molecule has 0 aliphatic rings. The minimum Gasteiger partial charge on any atom is -0.435 e. The number of ether oxygens (including phenoxy) is 1. The van der Waals surface area contributed by atoms with E-state index in [1.807, 2.05) is 0 Å². The highest BCUT2D eigenvalue weighted by Gasteiger charge is 2.30. The van der Waals surface area contributed by atoms with Gasteiger partial charge in [0.25, 0.3) is 0 Å². The molecule has 2 aromatic rings. The quantitative estimate of drug-likeness (QED) is 0.585. The summed E-state index contributed by atoms with van der Waals surface area (Å²) in [5.74, 6) is -0.0210. The van der Waals surface area contributed by atoms with Crippen molar-refractivity contribution in [2.24, 2.45) is 0 Å². The molecule has 9 heteroatoms. The van der Waals surface area contributed by atoms with E-state index in [4.69, 9.17) is 12.2 Å². The summed E-state index contributed by atoms with van der Waals surface area (Å²) >= 11 is 5.00. The zero-order chi connectivity index (χ0) is 17.7. The van der Waals surface area contributed by atoms with Crippen LogP contribution in [0.15, 0.2) is 48.5 Å². The number of hydrogen-bond acceptors (Lipinski definition) is 2. The molecule has 0 radical (unpaired) electrons. The molecular formula is C15H11F5N2OS. The number of hydrogen-bond donors (Lipinski definition) is 2. The number of rotatable bonds is 4. The van der Waals surface area contributed by atoms with Gasteiger partial charge in [0.2, 0.25) is 0 Å². The molecule has 0 aliphatic carbocycles. The molecule has 0 saturated carbocycles. The Morgan fingerprint density at radius 2 is 1.58 bits per heavy atom. The highest BCUT2D eigenvalue weighted by atomic mass is 32.1. The molecule has 2 aromatic carbocycles. The van der Waals surface area contributed by atoms with E-state index in [2.05, 4.69) is 15.4 Å². The molecule has 0 atom stereocenters. The van der Waals surface area contributed by atoms with Gasteiger partial charge in [-0.05, 0) is 54.7 Å². The summed E-state index contributed by atoms with van der Waals surface area (Å²) in [6, 6.07) is 10.1. The topological polar surface area (TPSA) is 33.3 Å². The summed E-state index contributed by atoms with van der Waals surface area (Å²) in [5.41, 5.74) is -0.176. The maximum absolute atomic E-state index is 12.6. The number of benzene rings is 2. The SMILES string of the molecule is FC(F)Oc1ccc(NC(=S)Nc2cccc(C(F)(F)F)c2)cc1. The third kappa shape index (κ3) is 5.34. The first-order valence-corrected chi connectivity index (χ1v) is 6.95. The van der Waals surface area contributed by atoms with E-state index >= 15 is 0 Å². The van der Waals surface area contributed by atoms with Gasteiger partial charge in [0.1, 0.15) is 5.75 Å². The smallest absolute Gasteiger partial charge is 0.416 e.